The first-order valence-electron chi connectivity index (χ1n) is 7.36. The molecule has 0 aromatic heterocycles. The summed E-state index contributed by atoms with van der Waals surface area (Å²) in [5.74, 6) is -0.123. The molecule has 0 aliphatic carbocycles. The molecule has 0 radical (unpaired) electrons. The minimum atomic E-state index is -0.143. The van der Waals surface area contributed by atoms with Crippen molar-refractivity contribution in [2.24, 2.45) is 0 Å². The van der Waals surface area contributed by atoms with Crippen molar-refractivity contribution in [3.63, 3.8) is 0 Å². The molecule has 2 N–H and O–H groups in total. The fourth-order valence-corrected chi connectivity index (χ4v) is 1.27. The van der Waals surface area contributed by atoms with Crippen molar-refractivity contribution in [3.05, 3.63) is 0 Å². The number of hydrogen-bond acceptors (Lipinski definition) is 5. The van der Waals surface area contributed by atoms with Gasteiger partial charge in [-0.1, -0.05) is 6.92 Å². The quantitative estimate of drug-likeness (QED) is 0.471. The van der Waals surface area contributed by atoms with Gasteiger partial charge in [-0.3, -0.25) is 9.59 Å². The van der Waals surface area contributed by atoms with Crippen LogP contribution in [0.3, 0.4) is 0 Å². The van der Waals surface area contributed by atoms with Crippen LogP contribution in [0.5, 0.6) is 0 Å². The Labute approximate surface area is 126 Å². The van der Waals surface area contributed by atoms with E-state index in [0.29, 0.717) is 45.9 Å². The van der Waals surface area contributed by atoms with Crippen LogP contribution in [-0.2, 0) is 23.8 Å². The minimum absolute atomic E-state index is 0.0204. The van der Waals surface area contributed by atoms with Crippen LogP contribution in [0.4, 0.5) is 0 Å². The molecule has 0 rings (SSSR count). The zero-order valence-corrected chi connectivity index (χ0v) is 13.3. The maximum atomic E-state index is 11.3. The molecule has 0 aromatic carbocycles. The van der Waals surface area contributed by atoms with Gasteiger partial charge in [0.1, 0.15) is 6.61 Å². The Bertz CT molecular complexity index is 285. The van der Waals surface area contributed by atoms with E-state index in [1.807, 2.05) is 13.8 Å². The zero-order chi connectivity index (χ0) is 15.9. The van der Waals surface area contributed by atoms with Crippen molar-refractivity contribution >= 4 is 11.8 Å². The molecule has 0 aliphatic heterocycles. The molecule has 0 atom stereocenters. The fourth-order valence-electron chi connectivity index (χ4n) is 1.27. The van der Waals surface area contributed by atoms with Gasteiger partial charge in [-0.15, -0.1) is 0 Å². The molecule has 0 bridgehead atoms. The summed E-state index contributed by atoms with van der Waals surface area (Å²) in [7, 11) is 0. The Kier molecular flexibility index (Phi) is 13.0. The van der Waals surface area contributed by atoms with Crippen molar-refractivity contribution in [1.82, 2.24) is 10.6 Å². The van der Waals surface area contributed by atoms with Crippen LogP contribution in [0, 0.1) is 0 Å². The summed E-state index contributed by atoms with van der Waals surface area (Å²) >= 11 is 0. The van der Waals surface area contributed by atoms with E-state index >= 15 is 0 Å². The zero-order valence-electron chi connectivity index (χ0n) is 13.3. The second kappa shape index (κ2) is 13.8. The Morgan fingerprint density at radius 1 is 0.905 bits per heavy atom. The molecule has 0 aliphatic rings. The lowest BCUT2D eigenvalue weighted by molar-refractivity contribution is -0.127. The standard InChI is InChI=1S/C14H28N2O5/c1-4-13(17)15-5-7-19-9-10-20-8-6-16-14(18)11-21-12(2)3/h12H,4-11H2,1-3H3,(H,15,17)(H,16,18). The minimum Gasteiger partial charge on any atom is -0.377 e. The molecular weight excluding hydrogens is 276 g/mol. The van der Waals surface area contributed by atoms with Gasteiger partial charge >= 0.3 is 0 Å². The maximum Gasteiger partial charge on any atom is 0.246 e. The first-order chi connectivity index (χ1) is 10.1. The van der Waals surface area contributed by atoms with Gasteiger partial charge in [0.2, 0.25) is 11.8 Å². The van der Waals surface area contributed by atoms with Crippen molar-refractivity contribution in [2.45, 2.75) is 33.3 Å². The molecule has 0 fully saturated rings. The summed E-state index contributed by atoms with van der Waals surface area (Å²) in [4.78, 5) is 22.2. The molecule has 0 aromatic rings. The van der Waals surface area contributed by atoms with E-state index in [0.717, 1.165) is 0 Å². The van der Waals surface area contributed by atoms with Gasteiger partial charge in [0, 0.05) is 19.5 Å². The van der Waals surface area contributed by atoms with Crippen LogP contribution in [0.15, 0.2) is 0 Å². The average molecular weight is 304 g/mol. The summed E-state index contributed by atoms with van der Waals surface area (Å²) in [5, 5.41) is 5.40. The summed E-state index contributed by atoms with van der Waals surface area (Å²) in [5.41, 5.74) is 0. The Morgan fingerprint density at radius 3 is 1.90 bits per heavy atom. The molecule has 0 spiro atoms. The predicted molar refractivity (Wildman–Crippen MR) is 79.0 cm³/mol. The summed E-state index contributed by atoms with van der Waals surface area (Å²) in [6, 6.07) is 0. The first-order valence-corrected chi connectivity index (χ1v) is 7.36. The molecule has 21 heavy (non-hydrogen) atoms. The lowest BCUT2D eigenvalue weighted by Gasteiger charge is -2.09. The summed E-state index contributed by atoms with van der Waals surface area (Å²) in [6.07, 6.45) is 0.531. The lowest BCUT2D eigenvalue weighted by atomic mass is 10.4. The molecule has 0 saturated heterocycles. The van der Waals surface area contributed by atoms with E-state index < -0.39 is 0 Å². The second-order valence-corrected chi connectivity index (χ2v) is 4.64. The summed E-state index contributed by atoms with van der Waals surface area (Å²) in [6.45, 7) is 8.43. The third-order valence-electron chi connectivity index (χ3n) is 2.38. The Hall–Kier alpha value is -1.18. The van der Waals surface area contributed by atoms with Gasteiger partial charge in [-0.2, -0.15) is 0 Å². The molecule has 0 saturated carbocycles. The van der Waals surface area contributed by atoms with Gasteiger partial charge in [-0.05, 0) is 13.8 Å². The molecule has 0 heterocycles. The topological polar surface area (TPSA) is 85.9 Å². The van der Waals surface area contributed by atoms with Gasteiger partial charge in [0.05, 0.1) is 32.5 Å². The summed E-state index contributed by atoms with van der Waals surface area (Å²) < 4.78 is 15.7. The lowest BCUT2D eigenvalue weighted by Crippen LogP contribution is -2.31. The number of amides is 2. The molecule has 0 unspecified atom stereocenters. The third-order valence-corrected chi connectivity index (χ3v) is 2.38. The molecule has 7 nitrogen and oxygen atoms in total. The number of rotatable bonds is 13. The number of carbonyl (C=O) groups excluding carboxylic acids is 2. The molecule has 7 heteroatoms. The van der Waals surface area contributed by atoms with E-state index in [1.165, 1.54) is 0 Å². The first kappa shape index (κ1) is 19.8. The molecular formula is C14H28N2O5. The van der Waals surface area contributed by atoms with Gasteiger partial charge in [0.25, 0.3) is 0 Å². The van der Waals surface area contributed by atoms with Gasteiger partial charge in [-0.25, -0.2) is 0 Å². The van der Waals surface area contributed by atoms with Gasteiger partial charge < -0.3 is 24.8 Å². The fraction of sp³-hybridized carbons (Fsp3) is 0.857. The second-order valence-electron chi connectivity index (χ2n) is 4.64. The van der Waals surface area contributed by atoms with Crippen LogP contribution < -0.4 is 10.6 Å². The molecule has 2 amide bonds. The van der Waals surface area contributed by atoms with E-state index in [-0.39, 0.29) is 24.5 Å². The van der Waals surface area contributed by atoms with E-state index in [2.05, 4.69) is 10.6 Å². The Morgan fingerprint density at radius 2 is 1.43 bits per heavy atom. The third kappa shape index (κ3) is 15.0. The largest absolute Gasteiger partial charge is 0.377 e. The van der Waals surface area contributed by atoms with Gasteiger partial charge in [0.15, 0.2) is 0 Å². The highest BCUT2D eigenvalue weighted by atomic mass is 16.5. The number of ether oxygens (including phenoxy) is 3. The van der Waals surface area contributed by atoms with Crippen LogP contribution in [0.2, 0.25) is 0 Å². The van der Waals surface area contributed by atoms with E-state index in [9.17, 15) is 9.59 Å². The van der Waals surface area contributed by atoms with Crippen LogP contribution in [0.1, 0.15) is 27.2 Å². The van der Waals surface area contributed by atoms with Crippen molar-refractivity contribution in [2.75, 3.05) is 46.1 Å². The highest BCUT2D eigenvalue weighted by Gasteiger charge is 2.02. The average Bonchev–Trinajstić information content (AvgIpc) is 2.46. The van der Waals surface area contributed by atoms with Crippen LogP contribution >= 0.6 is 0 Å². The normalized spacial score (nSPS) is 10.7. The van der Waals surface area contributed by atoms with Crippen molar-refractivity contribution in [3.8, 4) is 0 Å². The van der Waals surface area contributed by atoms with E-state index in [1.54, 1.807) is 6.92 Å². The van der Waals surface area contributed by atoms with Crippen LogP contribution in [0.25, 0.3) is 0 Å². The number of carbonyl (C=O) groups is 2. The highest BCUT2D eigenvalue weighted by molar-refractivity contribution is 5.77. The van der Waals surface area contributed by atoms with Crippen LogP contribution in [-0.4, -0.2) is 64.0 Å². The highest BCUT2D eigenvalue weighted by Crippen LogP contribution is 1.86. The SMILES string of the molecule is CCC(=O)NCCOCCOCCNC(=O)COC(C)C. The van der Waals surface area contributed by atoms with Crippen molar-refractivity contribution < 1.29 is 23.8 Å². The smallest absolute Gasteiger partial charge is 0.246 e. The predicted octanol–water partition coefficient (Wildman–Crippen LogP) is 0.0870. The number of hydrogen-bond donors (Lipinski definition) is 2. The number of nitrogens with one attached hydrogen (secondary N) is 2. The van der Waals surface area contributed by atoms with E-state index in [4.69, 9.17) is 14.2 Å². The van der Waals surface area contributed by atoms with Crippen molar-refractivity contribution in [1.29, 1.82) is 0 Å². The Balaban J connectivity index is 3.18. The molecule has 124 valence electrons. The monoisotopic (exact) mass is 304 g/mol. The maximum absolute atomic E-state index is 11.3.